The molecule has 5 nitrogen and oxygen atoms in total. The van der Waals surface area contributed by atoms with Crippen molar-refractivity contribution in [3.05, 3.63) is 75.1 Å². The molecule has 3 aromatic rings. The van der Waals surface area contributed by atoms with Crippen LogP contribution in [0.3, 0.4) is 0 Å². The van der Waals surface area contributed by atoms with Crippen LogP contribution >= 0.6 is 23.2 Å². The number of rotatable bonds is 9. The van der Waals surface area contributed by atoms with Gasteiger partial charge in [0, 0.05) is 17.4 Å². The minimum atomic E-state index is -1.07. The number of nitrogens with zero attached hydrogens (tertiary/aromatic N) is 1. The van der Waals surface area contributed by atoms with Gasteiger partial charge in [0.2, 0.25) is 5.89 Å². The molecular weight excluding hydrogens is 497 g/mol. The van der Waals surface area contributed by atoms with Crippen LogP contribution in [0.5, 0.6) is 5.75 Å². The average molecular weight is 530 g/mol. The minimum absolute atomic E-state index is 0.169. The fraction of sp³-hybridized carbons (Fsp3) is 0.379. The van der Waals surface area contributed by atoms with Gasteiger partial charge < -0.3 is 13.9 Å². The smallest absolute Gasteiger partial charge is 0.349 e. The van der Waals surface area contributed by atoms with Crippen LogP contribution in [0.4, 0.5) is 0 Å². The van der Waals surface area contributed by atoms with E-state index in [-0.39, 0.29) is 5.92 Å². The molecular formula is C29H33Cl2NO4. The topological polar surface area (TPSA) is 61.6 Å². The molecule has 0 saturated carbocycles. The normalized spacial score (nSPS) is 12.2. The minimum Gasteiger partial charge on any atom is -0.476 e. The number of hydrogen-bond acceptors (Lipinski definition) is 5. The molecule has 1 heterocycles. The molecule has 0 atom stereocenters. The van der Waals surface area contributed by atoms with Gasteiger partial charge in [0.1, 0.15) is 11.5 Å². The molecule has 0 spiro atoms. The molecule has 36 heavy (non-hydrogen) atoms. The molecule has 192 valence electrons. The van der Waals surface area contributed by atoms with Gasteiger partial charge in [0.25, 0.3) is 0 Å². The lowest BCUT2D eigenvalue weighted by Crippen LogP contribution is -2.39. The van der Waals surface area contributed by atoms with Gasteiger partial charge in [-0.2, -0.15) is 0 Å². The number of hydrogen-bond donors (Lipinski definition) is 0. The van der Waals surface area contributed by atoms with Crippen molar-refractivity contribution in [2.75, 3.05) is 6.61 Å². The van der Waals surface area contributed by atoms with E-state index in [4.69, 9.17) is 42.1 Å². The van der Waals surface area contributed by atoms with Crippen LogP contribution in [0.2, 0.25) is 10.0 Å². The number of allylic oxidation sites excluding steroid dienone is 2. The zero-order chi connectivity index (χ0) is 26.6. The van der Waals surface area contributed by atoms with E-state index in [0.29, 0.717) is 40.3 Å². The van der Waals surface area contributed by atoms with Gasteiger partial charge in [-0.15, -0.1) is 0 Å². The molecule has 0 aliphatic rings. The summed E-state index contributed by atoms with van der Waals surface area (Å²) in [5, 5.41) is 1.07. The standard InChI is InChI=1S/C29H33Cl2NO4/c1-8-34-28(33)29(6,7)36-25-14-10-20(15-19(25)5)18(4)9-13-24-26(17(2)3)35-27(32-24)22-12-11-21(30)16-23(22)31/h9-12,14-17H,8,13H2,1-7H3. The molecule has 0 aliphatic heterocycles. The predicted octanol–water partition coefficient (Wildman–Crippen LogP) is 8.45. The summed E-state index contributed by atoms with van der Waals surface area (Å²) in [5.41, 5.74) is 3.60. The Balaban J connectivity index is 1.82. The lowest BCUT2D eigenvalue weighted by Gasteiger charge is -2.25. The first-order chi connectivity index (χ1) is 16.9. The van der Waals surface area contributed by atoms with Gasteiger partial charge in [-0.3, -0.25) is 0 Å². The Morgan fingerprint density at radius 2 is 1.89 bits per heavy atom. The van der Waals surface area contributed by atoms with Crippen LogP contribution in [0, 0.1) is 6.92 Å². The third-order valence-electron chi connectivity index (χ3n) is 5.78. The van der Waals surface area contributed by atoms with Crippen LogP contribution in [-0.2, 0) is 16.0 Å². The fourth-order valence-electron chi connectivity index (χ4n) is 3.74. The largest absolute Gasteiger partial charge is 0.476 e. The molecule has 7 heteroatoms. The number of benzene rings is 2. The highest BCUT2D eigenvalue weighted by molar-refractivity contribution is 6.36. The van der Waals surface area contributed by atoms with E-state index in [1.165, 1.54) is 0 Å². The third kappa shape index (κ3) is 6.51. The van der Waals surface area contributed by atoms with E-state index in [9.17, 15) is 4.79 Å². The quantitative estimate of drug-likeness (QED) is 0.260. The van der Waals surface area contributed by atoms with Crippen LogP contribution in [0.1, 0.15) is 70.0 Å². The second-order valence-electron chi connectivity index (χ2n) is 9.51. The molecule has 0 N–H and O–H groups in total. The van der Waals surface area contributed by atoms with Crippen LogP contribution in [0.25, 0.3) is 17.0 Å². The van der Waals surface area contributed by atoms with Crippen molar-refractivity contribution in [3.8, 4) is 17.2 Å². The molecule has 3 rings (SSSR count). The van der Waals surface area contributed by atoms with E-state index >= 15 is 0 Å². The molecule has 0 aliphatic carbocycles. The highest BCUT2D eigenvalue weighted by Crippen LogP contribution is 2.34. The molecule has 2 aromatic carbocycles. The number of carbonyl (C=O) groups is 1. The van der Waals surface area contributed by atoms with E-state index in [1.54, 1.807) is 32.9 Å². The molecule has 0 radical (unpaired) electrons. The van der Waals surface area contributed by atoms with Crippen molar-refractivity contribution >= 4 is 34.7 Å². The highest BCUT2D eigenvalue weighted by atomic mass is 35.5. The molecule has 0 fully saturated rings. The van der Waals surface area contributed by atoms with E-state index in [1.807, 2.05) is 31.2 Å². The van der Waals surface area contributed by atoms with E-state index in [2.05, 4.69) is 26.8 Å². The van der Waals surface area contributed by atoms with Gasteiger partial charge in [-0.1, -0.05) is 49.2 Å². The second-order valence-corrected chi connectivity index (χ2v) is 10.4. The maximum absolute atomic E-state index is 12.2. The third-order valence-corrected chi connectivity index (χ3v) is 6.33. The summed E-state index contributed by atoms with van der Waals surface area (Å²) in [5.74, 6) is 1.75. The van der Waals surface area contributed by atoms with E-state index in [0.717, 1.165) is 28.2 Å². The van der Waals surface area contributed by atoms with Crippen molar-refractivity contribution in [1.29, 1.82) is 0 Å². The Kier molecular flexibility index (Phi) is 8.91. The molecule has 0 unspecified atom stereocenters. The number of aromatic nitrogens is 1. The Hall–Kier alpha value is -2.76. The monoisotopic (exact) mass is 529 g/mol. The average Bonchev–Trinajstić information content (AvgIpc) is 3.23. The zero-order valence-electron chi connectivity index (χ0n) is 21.9. The van der Waals surface area contributed by atoms with Crippen molar-refractivity contribution in [2.45, 2.75) is 66.4 Å². The number of esters is 1. The number of oxazole rings is 1. The number of ether oxygens (including phenoxy) is 2. The van der Waals surface area contributed by atoms with Crippen molar-refractivity contribution in [2.24, 2.45) is 0 Å². The summed E-state index contributed by atoms with van der Waals surface area (Å²) < 4.78 is 17.2. The molecule has 0 bridgehead atoms. The summed E-state index contributed by atoms with van der Waals surface area (Å²) in [4.78, 5) is 17.0. The first-order valence-corrected chi connectivity index (χ1v) is 12.8. The highest BCUT2D eigenvalue weighted by Gasteiger charge is 2.32. The van der Waals surface area contributed by atoms with Gasteiger partial charge >= 0.3 is 5.97 Å². The summed E-state index contributed by atoms with van der Waals surface area (Å²) in [6.07, 6.45) is 2.75. The summed E-state index contributed by atoms with van der Waals surface area (Å²) in [6, 6.07) is 11.2. The van der Waals surface area contributed by atoms with Crippen molar-refractivity contribution in [3.63, 3.8) is 0 Å². The van der Waals surface area contributed by atoms with Crippen LogP contribution < -0.4 is 4.74 Å². The Labute approximate surface area is 223 Å². The van der Waals surface area contributed by atoms with Gasteiger partial charge in [0.15, 0.2) is 5.60 Å². The van der Waals surface area contributed by atoms with Crippen molar-refractivity contribution in [1.82, 2.24) is 4.98 Å². The van der Waals surface area contributed by atoms with Gasteiger partial charge in [-0.25, -0.2) is 9.78 Å². The SMILES string of the molecule is CCOC(=O)C(C)(C)Oc1ccc(C(C)=CCc2nc(-c3ccc(Cl)cc3Cl)oc2C(C)C)cc1C. The number of carbonyl (C=O) groups excluding carboxylic acids is 1. The number of halogens is 2. The predicted molar refractivity (Wildman–Crippen MR) is 146 cm³/mol. The lowest BCUT2D eigenvalue weighted by atomic mass is 10.0. The number of aryl methyl sites for hydroxylation is 1. The van der Waals surface area contributed by atoms with Gasteiger partial charge in [-0.05, 0) is 81.7 Å². The zero-order valence-corrected chi connectivity index (χ0v) is 23.4. The maximum atomic E-state index is 12.2. The summed E-state index contributed by atoms with van der Waals surface area (Å²) >= 11 is 12.4. The lowest BCUT2D eigenvalue weighted by molar-refractivity contribution is -0.158. The van der Waals surface area contributed by atoms with E-state index < -0.39 is 11.6 Å². The van der Waals surface area contributed by atoms with Crippen LogP contribution in [0.15, 0.2) is 46.9 Å². The first-order valence-electron chi connectivity index (χ1n) is 12.0. The molecule has 0 amide bonds. The first kappa shape index (κ1) is 27.8. The van der Waals surface area contributed by atoms with Gasteiger partial charge in [0.05, 0.1) is 22.9 Å². The maximum Gasteiger partial charge on any atom is 0.349 e. The second kappa shape index (κ2) is 11.5. The Morgan fingerprint density at radius 3 is 2.50 bits per heavy atom. The summed E-state index contributed by atoms with van der Waals surface area (Å²) in [6.45, 7) is 13.7. The van der Waals surface area contributed by atoms with Crippen molar-refractivity contribution < 1.29 is 18.7 Å². The Morgan fingerprint density at radius 1 is 1.17 bits per heavy atom. The molecule has 1 aromatic heterocycles. The molecule has 0 saturated heterocycles. The fourth-order valence-corrected chi connectivity index (χ4v) is 4.23. The Bertz CT molecular complexity index is 1270. The van der Waals surface area contributed by atoms with Crippen LogP contribution in [-0.4, -0.2) is 23.2 Å². The summed E-state index contributed by atoms with van der Waals surface area (Å²) in [7, 11) is 0.